The van der Waals surface area contributed by atoms with Gasteiger partial charge in [0, 0.05) is 23.5 Å². The minimum atomic E-state index is 0.766. The van der Waals surface area contributed by atoms with Crippen LogP contribution >= 0.6 is 0 Å². The van der Waals surface area contributed by atoms with Crippen molar-refractivity contribution in [3.8, 4) is 22.5 Å². The number of aryl methyl sites for hydroxylation is 2. The lowest BCUT2D eigenvalue weighted by atomic mass is 10.1. The van der Waals surface area contributed by atoms with Gasteiger partial charge in [-0.2, -0.15) is 0 Å². The van der Waals surface area contributed by atoms with Crippen LogP contribution < -0.4 is 0 Å². The Morgan fingerprint density at radius 2 is 1.50 bits per heavy atom. The molecule has 0 aliphatic carbocycles. The largest absolute Gasteiger partial charge is 0.264 e. The SMILES string of the molecule is Cc1ccc(-c2cc(-c3cccnc3)nc(C)n2)cc1. The van der Waals surface area contributed by atoms with E-state index >= 15 is 0 Å². The molecule has 98 valence electrons. The predicted octanol–water partition coefficient (Wildman–Crippen LogP) is 3.82. The fourth-order valence-corrected chi connectivity index (χ4v) is 2.10. The molecule has 0 atom stereocenters. The van der Waals surface area contributed by atoms with E-state index in [0.29, 0.717) is 0 Å². The first-order valence-corrected chi connectivity index (χ1v) is 6.55. The summed E-state index contributed by atoms with van der Waals surface area (Å²) in [6.45, 7) is 3.99. The Morgan fingerprint density at radius 1 is 0.800 bits per heavy atom. The zero-order valence-electron chi connectivity index (χ0n) is 11.5. The van der Waals surface area contributed by atoms with E-state index in [2.05, 4.69) is 46.1 Å². The van der Waals surface area contributed by atoms with E-state index in [0.717, 1.165) is 28.3 Å². The Labute approximate surface area is 118 Å². The van der Waals surface area contributed by atoms with E-state index in [4.69, 9.17) is 0 Å². The van der Waals surface area contributed by atoms with Crippen molar-refractivity contribution in [2.24, 2.45) is 0 Å². The fraction of sp³-hybridized carbons (Fsp3) is 0.118. The molecule has 0 fully saturated rings. The summed E-state index contributed by atoms with van der Waals surface area (Å²) in [7, 11) is 0. The summed E-state index contributed by atoms with van der Waals surface area (Å²) in [4.78, 5) is 13.2. The molecule has 0 saturated heterocycles. The maximum absolute atomic E-state index is 4.53. The molecule has 0 radical (unpaired) electrons. The van der Waals surface area contributed by atoms with E-state index in [9.17, 15) is 0 Å². The van der Waals surface area contributed by atoms with Gasteiger partial charge in [-0.15, -0.1) is 0 Å². The van der Waals surface area contributed by atoms with Crippen molar-refractivity contribution >= 4 is 0 Å². The first kappa shape index (κ1) is 12.5. The van der Waals surface area contributed by atoms with Crippen molar-refractivity contribution in [3.63, 3.8) is 0 Å². The molecule has 0 N–H and O–H groups in total. The molecule has 0 unspecified atom stereocenters. The molecule has 0 aliphatic rings. The third kappa shape index (κ3) is 2.57. The average Bonchev–Trinajstić information content (AvgIpc) is 2.48. The van der Waals surface area contributed by atoms with Crippen molar-refractivity contribution in [1.29, 1.82) is 0 Å². The summed E-state index contributed by atoms with van der Waals surface area (Å²) in [6.07, 6.45) is 3.58. The van der Waals surface area contributed by atoms with E-state index in [1.807, 2.05) is 31.3 Å². The summed E-state index contributed by atoms with van der Waals surface area (Å²) >= 11 is 0. The lowest BCUT2D eigenvalue weighted by Gasteiger charge is -2.06. The highest BCUT2D eigenvalue weighted by molar-refractivity contribution is 5.67. The van der Waals surface area contributed by atoms with Crippen LogP contribution in [0.25, 0.3) is 22.5 Å². The molecule has 1 aromatic carbocycles. The summed E-state index contributed by atoms with van der Waals surface area (Å²) < 4.78 is 0. The fourth-order valence-electron chi connectivity index (χ4n) is 2.10. The van der Waals surface area contributed by atoms with Gasteiger partial charge in [0.25, 0.3) is 0 Å². The van der Waals surface area contributed by atoms with E-state index in [-0.39, 0.29) is 0 Å². The normalized spacial score (nSPS) is 10.5. The quantitative estimate of drug-likeness (QED) is 0.704. The third-order valence-corrected chi connectivity index (χ3v) is 3.14. The van der Waals surface area contributed by atoms with Gasteiger partial charge in [-0.1, -0.05) is 29.8 Å². The number of benzene rings is 1. The predicted molar refractivity (Wildman–Crippen MR) is 80.2 cm³/mol. The van der Waals surface area contributed by atoms with Gasteiger partial charge in [-0.3, -0.25) is 4.98 Å². The zero-order valence-corrected chi connectivity index (χ0v) is 11.5. The molecular formula is C17H15N3. The molecule has 20 heavy (non-hydrogen) atoms. The highest BCUT2D eigenvalue weighted by Crippen LogP contribution is 2.23. The molecule has 3 rings (SSSR count). The molecule has 3 nitrogen and oxygen atoms in total. The van der Waals surface area contributed by atoms with Crippen LogP contribution in [-0.2, 0) is 0 Å². The molecule has 3 heteroatoms. The molecule has 0 spiro atoms. The zero-order chi connectivity index (χ0) is 13.9. The number of aromatic nitrogens is 3. The van der Waals surface area contributed by atoms with Crippen LogP contribution in [0.2, 0.25) is 0 Å². The van der Waals surface area contributed by atoms with Gasteiger partial charge >= 0.3 is 0 Å². The van der Waals surface area contributed by atoms with Crippen LogP contribution in [0.1, 0.15) is 11.4 Å². The second-order valence-electron chi connectivity index (χ2n) is 4.79. The van der Waals surface area contributed by atoms with Crippen molar-refractivity contribution < 1.29 is 0 Å². The minimum absolute atomic E-state index is 0.766. The number of nitrogens with zero attached hydrogens (tertiary/aromatic N) is 3. The van der Waals surface area contributed by atoms with E-state index < -0.39 is 0 Å². The van der Waals surface area contributed by atoms with Gasteiger partial charge in [0.05, 0.1) is 11.4 Å². The maximum atomic E-state index is 4.53. The van der Waals surface area contributed by atoms with Gasteiger partial charge in [-0.25, -0.2) is 9.97 Å². The highest BCUT2D eigenvalue weighted by atomic mass is 14.9. The summed E-state index contributed by atoms with van der Waals surface area (Å²) in [5.74, 6) is 0.766. The highest BCUT2D eigenvalue weighted by Gasteiger charge is 2.06. The Bertz CT molecular complexity index is 719. The van der Waals surface area contributed by atoms with Crippen LogP contribution in [0.15, 0.2) is 54.9 Å². The maximum Gasteiger partial charge on any atom is 0.126 e. The summed E-state index contributed by atoms with van der Waals surface area (Å²) in [6, 6.07) is 14.3. The van der Waals surface area contributed by atoms with Gasteiger partial charge < -0.3 is 0 Å². The standard InChI is InChI=1S/C17H15N3/c1-12-5-7-14(8-6-12)16-10-17(20-13(2)19-16)15-4-3-9-18-11-15/h3-11H,1-2H3. The first-order valence-electron chi connectivity index (χ1n) is 6.55. The van der Waals surface area contributed by atoms with E-state index in [1.54, 1.807) is 6.20 Å². The molecule has 0 saturated carbocycles. The molecular weight excluding hydrogens is 246 g/mol. The topological polar surface area (TPSA) is 38.7 Å². The van der Waals surface area contributed by atoms with Crippen LogP contribution in [0.3, 0.4) is 0 Å². The number of rotatable bonds is 2. The second kappa shape index (κ2) is 5.21. The van der Waals surface area contributed by atoms with Crippen molar-refractivity contribution in [2.45, 2.75) is 13.8 Å². The van der Waals surface area contributed by atoms with Crippen LogP contribution in [0.5, 0.6) is 0 Å². The van der Waals surface area contributed by atoms with Gasteiger partial charge in [0.1, 0.15) is 5.82 Å². The van der Waals surface area contributed by atoms with E-state index in [1.165, 1.54) is 5.56 Å². The van der Waals surface area contributed by atoms with Crippen molar-refractivity contribution in [3.05, 3.63) is 66.2 Å². The monoisotopic (exact) mass is 261 g/mol. The third-order valence-electron chi connectivity index (χ3n) is 3.14. The summed E-state index contributed by atoms with van der Waals surface area (Å²) in [5, 5.41) is 0. The number of hydrogen-bond donors (Lipinski definition) is 0. The van der Waals surface area contributed by atoms with Crippen LogP contribution in [-0.4, -0.2) is 15.0 Å². The molecule has 2 heterocycles. The molecule has 0 aliphatic heterocycles. The summed E-state index contributed by atoms with van der Waals surface area (Å²) in [5.41, 5.74) is 5.20. The Kier molecular flexibility index (Phi) is 3.25. The lowest BCUT2D eigenvalue weighted by Crippen LogP contribution is -1.94. The Balaban J connectivity index is 2.09. The first-order chi connectivity index (χ1) is 9.72. The number of hydrogen-bond acceptors (Lipinski definition) is 3. The van der Waals surface area contributed by atoms with Crippen LogP contribution in [0, 0.1) is 13.8 Å². The minimum Gasteiger partial charge on any atom is -0.264 e. The molecule has 3 aromatic rings. The molecule has 0 amide bonds. The van der Waals surface area contributed by atoms with Gasteiger partial charge in [-0.05, 0) is 32.0 Å². The smallest absolute Gasteiger partial charge is 0.126 e. The Morgan fingerprint density at radius 3 is 2.15 bits per heavy atom. The second-order valence-corrected chi connectivity index (χ2v) is 4.79. The lowest BCUT2D eigenvalue weighted by molar-refractivity contribution is 1.06. The molecule has 0 bridgehead atoms. The average molecular weight is 261 g/mol. The number of pyridine rings is 1. The van der Waals surface area contributed by atoms with Gasteiger partial charge in [0.15, 0.2) is 0 Å². The molecule has 2 aromatic heterocycles. The van der Waals surface area contributed by atoms with Crippen LogP contribution in [0.4, 0.5) is 0 Å². The van der Waals surface area contributed by atoms with Crippen molar-refractivity contribution in [2.75, 3.05) is 0 Å². The Hall–Kier alpha value is -2.55. The van der Waals surface area contributed by atoms with Crippen molar-refractivity contribution in [1.82, 2.24) is 15.0 Å². The van der Waals surface area contributed by atoms with Gasteiger partial charge in [0.2, 0.25) is 0 Å².